The third kappa shape index (κ3) is 4.27. The van der Waals surface area contributed by atoms with Gasteiger partial charge in [-0.1, -0.05) is 37.6 Å². The molecule has 22 heavy (non-hydrogen) atoms. The first-order chi connectivity index (χ1) is 10.5. The average Bonchev–Trinajstić information content (AvgIpc) is 2.49. The first-order valence-electron chi connectivity index (χ1n) is 7.94. The Morgan fingerprint density at radius 1 is 1.00 bits per heavy atom. The van der Waals surface area contributed by atoms with Crippen molar-refractivity contribution in [2.45, 2.75) is 34.2 Å². The molecule has 2 rings (SSSR count). The number of nitrogens with zero attached hydrogens (tertiary/aromatic N) is 1. The van der Waals surface area contributed by atoms with Gasteiger partial charge >= 0.3 is 0 Å². The molecular weight excluding hydrogens is 270 g/mol. The minimum Gasteiger partial charge on any atom is -0.497 e. The minimum atomic E-state index is 0.618. The van der Waals surface area contributed by atoms with Gasteiger partial charge in [0.1, 0.15) is 5.75 Å². The second-order valence-electron chi connectivity index (χ2n) is 6.40. The highest BCUT2D eigenvalue weighted by atomic mass is 16.5. The molecule has 2 aromatic carbocycles. The predicted molar refractivity (Wildman–Crippen MR) is 94.8 cm³/mol. The molecule has 0 unspecified atom stereocenters. The topological polar surface area (TPSA) is 12.5 Å². The summed E-state index contributed by atoms with van der Waals surface area (Å²) >= 11 is 0. The highest BCUT2D eigenvalue weighted by Gasteiger charge is 2.11. The van der Waals surface area contributed by atoms with Gasteiger partial charge in [0.05, 0.1) is 7.11 Å². The first-order valence-corrected chi connectivity index (χ1v) is 7.94. The van der Waals surface area contributed by atoms with Gasteiger partial charge in [-0.15, -0.1) is 0 Å². The molecule has 0 N–H and O–H groups in total. The molecule has 0 aliphatic carbocycles. The van der Waals surface area contributed by atoms with Crippen molar-refractivity contribution in [1.82, 2.24) is 0 Å². The molecule has 0 radical (unpaired) electrons. The average molecular weight is 297 g/mol. The summed E-state index contributed by atoms with van der Waals surface area (Å²) < 4.78 is 5.26. The van der Waals surface area contributed by atoms with E-state index in [9.17, 15) is 0 Å². The van der Waals surface area contributed by atoms with Crippen LogP contribution in [-0.2, 0) is 6.54 Å². The lowest BCUT2D eigenvalue weighted by Crippen LogP contribution is -2.27. The van der Waals surface area contributed by atoms with E-state index in [0.29, 0.717) is 5.92 Å². The molecule has 0 aliphatic rings. The van der Waals surface area contributed by atoms with E-state index in [1.165, 1.54) is 22.4 Å². The van der Waals surface area contributed by atoms with Gasteiger partial charge < -0.3 is 9.64 Å². The number of rotatable bonds is 6. The summed E-state index contributed by atoms with van der Waals surface area (Å²) in [5.41, 5.74) is 5.32. The second-order valence-corrected chi connectivity index (χ2v) is 6.40. The third-order valence-electron chi connectivity index (χ3n) is 3.88. The van der Waals surface area contributed by atoms with Crippen LogP contribution in [0.4, 0.5) is 5.69 Å². The minimum absolute atomic E-state index is 0.618. The fourth-order valence-electron chi connectivity index (χ4n) is 2.72. The van der Waals surface area contributed by atoms with Crippen molar-refractivity contribution in [1.29, 1.82) is 0 Å². The molecule has 0 fully saturated rings. The maximum Gasteiger partial charge on any atom is 0.119 e. The monoisotopic (exact) mass is 297 g/mol. The van der Waals surface area contributed by atoms with Crippen molar-refractivity contribution in [3.8, 4) is 5.75 Å². The van der Waals surface area contributed by atoms with Crippen LogP contribution >= 0.6 is 0 Å². The number of hydrogen-bond acceptors (Lipinski definition) is 2. The summed E-state index contributed by atoms with van der Waals surface area (Å²) in [7, 11) is 1.70. The zero-order valence-electron chi connectivity index (χ0n) is 14.4. The Kier molecular flexibility index (Phi) is 5.48. The molecular formula is C20H27NO. The summed E-state index contributed by atoms with van der Waals surface area (Å²) in [6, 6.07) is 15.1. The maximum atomic E-state index is 5.26. The van der Waals surface area contributed by atoms with E-state index in [2.05, 4.69) is 62.9 Å². The van der Waals surface area contributed by atoms with Crippen LogP contribution in [0.3, 0.4) is 0 Å². The SMILES string of the molecule is COc1ccc(N(Cc2ccc(C)cc2C)CC(C)C)cc1. The fourth-order valence-corrected chi connectivity index (χ4v) is 2.72. The van der Waals surface area contributed by atoms with Crippen LogP contribution in [0.5, 0.6) is 5.75 Å². The zero-order chi connectivity index (χ0) is 16.1. The van der Waals surface area contributed by atoms with Crippen molar-refractivity contribution in [2.24, 2.45) is 5.92 Å². The van der Waals surface area contributed by atoms with E-state index in [1.807, 2.05) is 12.1 Å². The van der Waals surface area contributed by atoms with Crippen LogP contribution in [0.2, 0.25) is 0 Å². The van der Waals surface area contributed by atoms with Gasteiger partial charge in [0, 0.05) is 18.8 Å². The summed E-state index contributed by atoms with van der Waals surface area (Å²) in [6.45, 7) is 10.9. The van der Waals surface area contributed by atoms with Gasteiger partial charge in [-0.25, -0.2) is 0 Å². The van der Waals surface area contributed by atoms with Crippen molar-refractivity contribution in [3.05, 3.63) is 59.2 Å². The molecule has 2 nitrogen and oxygen atoms in total. The molecule has 0 heterocycles. The Morgan fingerprint density at radius 3 is 2.23 bits per heavy atom. The molecule has 0 atom stereocenters. The van der Waals surface area contributed by atoms with Gasteiger partial charge in [-0.05, 0) is 55.2 Å². The Balaban J connectivity index is 2.24. The van der Waals surface area contributed by atoms with E-state index < -0.39 is 0 Å². The van der Waals surface area contributed by atoms with E-state index >= 15 is 0 Å². The molecule has 2 aromatic rings. The number of anilines is 1. The highest BCUT2D eigenvalue weighted by Crippen LogP contribution is 2.23. The molecule has 0 saturated carbocycles. The fraction of sp³-hybridized carbons (Fsp3) is 0.400. The van der Waals surface area contributed by atoms with E-state index in [1.54, 1.807) is 7.11 Å². The molecule has 2 heteroatoms. The summed E-state index contributed by atoms with van der Waals surface area (Å²) in [6.07, 6.45) is 0. The van der Waals surface area contributed by atoms with E-state index in [4.69, 9.17) is 4.74 Å². The van der Waals surface area contributed by atoms with Crippen LogP contribution in [-0.4, -0.2) is 13.7 Å². The van der Waals surface area contributed by atoms with Crippen LogP contribution in [0.25, 0.3) is 0 Å². The summed E-state index contributed by atoms with van der Waals surface area (Å²) in [4.78, 5) is 2.45. The molecule has 118 valence electrons. The van der Waals surface area contributed by atoms with Crippen LogP contribution in [0.1, 0.15) is 30.5 Å². The third-order valence-corrected chi connectivity index (χ3v) is 3.88. The Labute approximate surface area is 134 Å². The van der Waals surface area contributed by atoms with Crippen molar-refractivity contribution >= 4 is 5.69 Å². The zero-order valence-corrected chi connectivity index (χ0v) is 14.4. The molecule has 0 bridgehead atoms. The van der Waals surface area contributed by atoms with Gasteiger partial charge in [0.15, 0.2) is 0 Å². The molecule has 0 aromatic heterocycles. The number of benzene rings is 2. The van der Waals surface area contributed by atoms with E-state index in [0.717, 1.165) is 18.8 Å². The lowest BCUT2D eigenvalue weighted by atomic mass is 10.0. The molecule has 0 aliphatic heterocycles. The van der Waals surface area contributed by atoms with Crippen LogP contribution in [0, 0.1) is 19.8 Å². The lowest BCUT2D eigenvalue weighted by molar-refractivity contribution is 0.415. The molecule has 0 spiro atoms. The van der Waals surface area contributed by atoms with E-state index in [-0.39, 0.29) is 0 Å². The number of aryl methyl sites for hydroxylation is 2. The Morgan fingerprint density at radius 2 is 1.68 bits per heavy atom. The number of hydrogen-bond donors (Lipinski definition) is 0. The number of ether oxygens (including phenoxy) is 1. The summed E-state index contributed by atoms with van der Waals surface area (Å²) in [5.74, 6) is 1.52. The quantitative estimate of drug-likeness (QED) is 0.746. The van der Waals surface area contributed by atoms with Crippen molar-refractivity contribution in [3.63, 3.8) is 0 Å². The largest absolute Gasteiger partial charge is 0.497 e. The first kappa shape index (κ1) is 16.4. The standard InChI is InChI=1S/C20H27NO/c1-15(2)13-21(19-8-10-20(22-5)11-9-19)14-18-7-6-16(3)12-17(18)4/h6-12,15H,13-14H2,1-5H3. The van der Waals surface area contributed by atoms with Gasteiger partial charge in [-0.3, -0.25) is 0 Å². The van der Waals surface area contributed by atoms with Crippen LogP contribution < -0.4 is 9.64 Å². The summed E-state index contributed by atoms with van der Waals surface area (Å²) in [5, 5.41) is 0. The van der Waals surface area contributed by atoms with Crippen molar-refractivity contribution < 1.29 is 4.74 Å². The second kappa shape index (κ2) is 7.35. The predicted octanol–water partition coefficient (Wildman–Crippen LogP) is 4.97. The molecule has 0 amide bonds. The Hall–Kier alpha value is -1.96. The molecule has 0 saturated heterocycles. The number of methoxy groups -OCH3 is 1. The highest BCUT2D eigenvalue weighted by molar-refractivity contribution is 5.50. The van der Waals surface area contributed by atoms with Gasteiger partial charge in [0.2, 0.25) is 0 Å². The normalized spacial score (nSPS) is 10.8. The van der Waals surface area contributed by atoms with Gasteiger partial charge in [0.25, 0.3) is 0 Å². The van der Waals surface area contributed by atoms with Crippen LogP contribution in [0.15, 0.2) is 42.5 Å². The lowest BCUT2D eigenvalue weighted by Gasteiger charge is -2.28. The van der Waals surface area contributed by atoms with Gasteiger partial charge in [-0.2, -0.15) is 0 Å². The smallest absolute Gasteiger partial charge is 0.119 e. The van der Waals surface area contributed by atoms with Crippen molar-refractivity contribution in [2.75, 3.05) is 18.6 Å². The maximum absolute atomic E-state index is 5.26. The Bertz CT molecular complexity index is 602.